The fraction of sp³-hybridized carbons (Fsp3) is 0.407. The van der Waals surface area contributed by atoms with Gasteiger partial charge in [-0.15, -0.1) is 6.42 Å². The highest BCUT2D eigenvalue weighted by atomic mass is 19.1. The van der Waals surface area contributed by atoms with Crippen LogP contribution in [0, 0.1) is 29.9 Å². The van der Waals surface area contributed by atoms with Gasteiger partial charge in [-0.2, -0.15) is 9.97 Å². The van der Waals surface area contributed by atoms with E-state index in [1.807, 2.05) is 0 Å². The van der Waals surface area contributed by atoms with E-state index in [1.54, 1.807) is 23.1 Å². The Morgan fingerprint density at radius 2 is 1.78 bits per heavy atom. The van der Waals surface area contributed by atoms with Crippen molar-refractivity contribution in [3.63, 3.8) is 0 Å². The zero-order valence-electron chi connectivity index (χ0n) is 40.3. The number of piperazine rings is 1. The second-order valence-electron chi connectivity index (χ2n) is 20.7. The van der Waals surface area contributed by atoms with Crippen molar-refractivity contribution in [3.05, 3.63) is 89.1 Å². The van der Waals surface area contributed by atoms with E-state index in [1.165, 1.54) is 30.5 Å². The summed E-state index contributed by atoms with van der Waals surface area (Å²) in [6, 6.07) is 9.57. The van der Waals surface area contributed by atoms with E-state index < -0.39 is 52.9 Å². The molecule has 9 heterocycles. The molecule has 6 atom stereocenters. The number of phenolic OH excluding ortho intramolecular Hbond substituents is 1. The third-order valence-corrected chi connectivity index (χ3v) is 16.0. The molecule has 380 valence electrons. The monoisotopic (exact) mass is 1010 g/mol. The molecule has 6 saturated heterocycles. The van der Waals surface area contributed by atoms with Crippen LogP contribution in [0.2, 0.25) is 0 Å². The number of aromatic nitrogens is 3. The zero-order chi connectivity index (χ0) is 51.2. The van der Waals surface area contributed by atoms with Crippen LogP contribution < -0.4 is 25.6 Å². The molecular weight excluding hydrogens is 955 g/mol. The van der Waals surface area contributed by atoms with Crippen molar-refractivity contribution in [2.24, 2.45) is 5.92 Å². The lowest BCUT2D eigenvalue weighted by atomic mass is 9.94. The number of amides is 5. The zero-order valence-corrected chi connectivity index (χ0v) is 40.3. The van der Waals surface area contributed by atoms with Crippen molar-refractivity contribution < 1.29 is 47.3 Å². The number of benzene rings is 3. The van der Waals surface area contributed by atoms with E-state index in [2.05, 4.69) is 48.2 Å². The molecule has 7 aliphatic rings. The predicted molar refractivity (Wildman–Crippen MR) is 266 cm³/mol. The molecule has 4 unspecified atom stereocenters. The molecule has 18 nitrogen and oxygen atoms in total. The lowest BCUT2D eigenvalue weighted by molar-refractivity contribution is -0.136. The van der Waals surface area contributed by atoms with Gasteiger partial charge in [-0.05, 0) is 92.6 Å². The number of nitrogens with one attached hydrogen (secondary N) is 3. The first-order valence-electron chi connectivity index (χ1n) is 25.1. The molecule has 4 N–H and O–H groups in total. The molecule has 0 saturated carbocycles. The van der Waals surface area contributed by atoms with E-state index in [0.717, 1.165) is 36.2 Å². The maximum absolute atomic E-state index is 17.3. The fourth-order valence-corrected chi connectivity index (χ4v) is 12.5. The van der Waals surface area contributed by atoms with E-state index in [9.17, 15) is 29.1 Å². The summed E-state index contributed by atoms with van der Waals surface area (Å²) in [5.74, 6) is -0.945. The topological polar surface area (TPSA) is 212 Å². The first-order chi connectivity index (χ1) is 35.7. The molecule has 0 spiro atoms. The number of rotatable bonds is 11. The highest BCUT2D eigenvalue weighted by molar-refractivity contribution is 6.23. The number of hydrogen-bond acceptors (Lipinski definition) is 15. The molecule has 2 bridgehead atoms. The lowest BCUT2D eigenvalue weighted by Gasteiger charge is -2.35. The Kier molecular flexibility index (Phi) is 11.7. The van der Waals surface area contributed by atoms with Crippen LogP contribution in [0.25, 0.3) is 32.9 Å². The van der Waals surface area contributed by atoms with Gasteiger partial charge >= 0.3 is 12.1 Å². The van der Waals surface area contributed by atoms with Crippen LogP contribution in [-0.2, 0) is 14.3 Å². The predicted octanol–water partition coefficient (Wildman–Crippen LogP) is 5.26. The highest BCUT2D eigenvalue weighted by Crippen LogP contribution is 2.45. The standard InChI is InChI=1S/C54H52F2N10O8/c1-3-36-41(55)9-4-30-16-35(67)18-39(44(30)36)46-45(56)47-40(21-58-46)48(64-24-32-5-6-33(25-64)59-32)62-52(61-47)74-27-54-14-12-34(65(54)22-28(2)19-54)26-73-53(72)63-15-13-29(23-63)20-57-31-7-8-37-38(17-31)51(71)66(50(37)70)42-10-11-43(68)60-49(42)69/h1,4,7-9,16-18,21,29,32-34,42,57,59,67H,2,5-6,10-15,19-20,22-27H2,(H,60,68,69)/t29?,32?,33?,34-,42?,54-/m0/s1. The lowest BCUT2D eigenvalue weighted by Crippen LogP contribution is -2.54. The number of aromatic hydroxyl groups is 1. The Hall–Kier alpha value is -7.76. The van der Waals surface area contributed by atoms with Crippen molar-refractivity contribution in [1.29, 1.82) is 0 Å². The van der Waals surface area contributed by atoms with Gasteiger partial charge in [0.25, 0.3) is 11.8 Å². The third-order valence-electron chi connectivity index (χ3n) is 16.0. The van der Waals surface area contributed by atoms with Crippen LogP contribution in [0.4, 0.5) is 25.1 Å². The molecule has 0 radical (unpaired) electrons. The van der Waals surface area contributed by atoms with Gasteiger partial charge in [0.15, 0.2) is 5.82 Å². The van der Waals surface area contributed by atoms with Gasteiger partial charge in [-0.3, -0.25) is 39.3 Å². The largest absolute Gasteiger partial charge is 0.508 e. The average molecular weight is 1010 g/mol. The first-order valence-corrected chi connectivity index (χ1v) is 25.1. The molecule has 20 heteroatoms. The summed E-state index contributed by atoms with van der Waals surface area (Å²) in [4.78, 5) is 85.4. The number of carbonyl (C=O) groups is 5. The van der Waals surface area contributed by atoms with Gasteiger partial charge in [0.2, 0.25) is 11.8 Å². The minimum absolute atomic E-state index is 0.0264. The van der Waals surface area contributed by atoms with Crippen LogP contribution in [0.15, 0.2) is 60.8 Å². The van der Waals surface area contributed by atoms with Crippen LogP contribution in [0.3, 0.4) is 0 Å². The summed E-state index contributed by atoms with van der Waals surface area (Å²) in [6.07, 6.45) is 11.8. The maximum atomic E-state index is 17.3. The second kappa shape index (κ2) is 18.3. The third kappa shape index (κ3) is 8.18. The van der Waals surface area contributed by atoms with Crippen molar-refractivity contribution in [2.45, 2.75) is 81.1 Å². The summed E-state index contributed by atoms with van der Waals surface area (Å²) >= 11 is 0. The molecule has 7 aliphatic heterocycles. The molecule has 5 amide bonds. The summed E-state index contributed by atoms with van der Waals surface area (Å²) < 4.78 is 44.9. The molecule has 74 heavy (non-hydrogen) atoms. The number of nitrogens with zero attached hydrogens (tertiary/aromatic N) is 7. The Morgan fingerprint density at radius 3 is 2.58 bits per heavy atom. The summed E-state index contributed by atoms with van der Waals surface area (Å²) in [5, 5.41) is 20.9. The number of pyridine rings is 1. The number of ether oxygens (including phenoxy) is 2. The Balaban J connectivity index is 0.717. The van der Waals surface area contributed by atoms with Crippen molar-refractivity contribution >= 4 is 62.9 Å². The van der Waals surface area contributed by atoms with E-state index in [4.69, 9.17) is 20.9 Å². The number of phenols is 1. The fourth-order valence-electron chi connectivity index (χ4n) is 12.5. The molecule has 12 rings (SSSR count). The number of imide groups is 2. The van der Waals surface area contributed by atoms with Crippen molar-refractivity contribution in [1.82, 2.24) is 40.3 Å². The summed E-state index contributed by atoms with van der Waals surface area (Å²) in [6.45, 7) is 7.95. The molecule has 0 aliphatic carbocycles. The van der Waals surface area contributed by atoms with Crippen molar-refractivity contribution in [2.75, 3.05) is 62.7 Å². The molecule has 3 aromatic carbocycles. The molecular formula is C54H52F2N10O8. The maximum Gasteiger partial charge on any atom is 0.409 e. The van der Waals surface area contributed by atoms with E-state index in [0.29, 0.717) is 74.4 Å². The first kappa shape index (κ1) is 47.3. The second-order valence-corrected chi connectivity index (χ2v) is 20.7. The van der Waals surface area contributed by atoms with Gasteiger partial charge in [-0.1, -0.05) is 24.1 Å². The number of likely N-dealkylation sites (tertiary alicyclic amines) is 1. The normalized spacial score (nSPS) is 25.5. The van der Waals surface area contributed by atoms with Gasteiger partial charge in [0.05, 0.1) is 27.6 Å². The van der Waals surface area contributed by atoms with Crippen LogP contribution in [-0.4, -0.2) is 147 Å². The number of carbonyl (C=O) groups excluding carboxylic acids is 5. The van der Waals surface area contributed by atoms with Gasteiger partial charge in [0.1, 0.15) is 47.9 Å². The Labute approximate surface area is 423 Å². The number of anilines is 2. The van der Waals surface area contributed by atoms with Gasteiger partial charge < -0.3 is 35.0 Å². The number of piperidine rings is 1. The highest BCUT2D eigenvalue weighted by Gasteiger charge is 2.52. The number of hydrogen-bond donors (Lipinski definition) is 4. The van der Waals surface area contributed by atoms with E-state index in [-0.39, 0.29) is 101 Å². The minimum Gasteiger partial charge on any atom is -0.508 e. The summed E-state index contributed by atoms with van der Waals surface area (Å²) in [7, 11) is 0. The minimum atomic E-state index is -1.05. The van der Waals surface area contributed by atoms with Crippen LogP contribution >= 0.6 is 0 Å². The van der Waals surface area contributed by atoms with Gasteiger partial charge in [-0.25, -0.2) is 13.6 Å². The SMILES string of the molecule is C#Cc1c(F)ccc2cc(O)cc(-c3ncc4c(N5CC6CCC(C5)N6)nc(OC[C@@]56CC[C@@H](COC(=O)N7CCC(CNc8ccc9c(c8)C(=O)N(C8CCC(=O)NC8=O)C9=O)C7)N5CC(=C)C6)nc4c3F)c12. The Bertz CT molecular complexity index is 3300. The van der Waals surface area contributed by atoms with Crippen LogP contribution in [0.1, 0.15) is 77.6 Å². The quantitative estimate of drug-likeness (QED) is 0.0755. The molecule has 5 aromatic rings. The van der Waals surface area contributed by atoms with Crippen LogP contribution in [0.5, 0.6) is 11.8 Å². The molecule has 6 fully saturated rings. The number of halogens is 2. The average Bonchev–Trinajstić information content (AvgIpc) is 4.20. The van der Waals surface area contributed by atoms with Gasteiger partial charge in [0, 0.05) is 86.6 Å². The van der Waals surface area contributed by atoms with E-state index >= 15 is 8.78 Å². The smallest absolute Gasteiger partial charge is 0.409 e. The molecule has 2 aromatic heterocycles. The van der Waals surface area contributed by atoms with Crippen molar-refractivity contribution in [3.8, 4) is 35.4 Å². The summed E-state index contributed by atoms with van der Waals surface area (Å²) in [5.41, 5.74) is 1.31. The number of terminal acetylenes is 1. The Morgan fingerprint density at radius 1 is 0.973 bits per heavy atom. The number of fused-ring (bicyclic) bond motifs is 6.